The molecule has 5 nitrogen and oxygen atoms in total. The lowest BCUT2D eigenvalue weighted by molar-refractivity contribution is 0.0712. The van der Waals surface area contributed by atoms with Crippen molar-refractivity contribution in [2.24, 2.45) is 0 Å². The van der Waals surface area contributed by atoms with Crippen molar-refractivity contribution in [1.82, 2.24) is 14.9 Å². The van der Waals surface area contributed by atoms with Crippen LogP contribution < -0.4 is 4.74 Å². The Labute approximate surface area is 186 Å². The molecule has 2 heterocycles. The Hall–Kier alpha value is -3.67. The topological polar surface area (TPSA) is 58.2 Å². The summed E-state index contributed by atoms with van der Waals surface area (Å²) in [6.45, 7) is 6.25. The normalized spacial score (nSPS) is 11.2. The van der Waals surface area contributed by atoms with Crippen LogP contribution in [0.4, 0.5) is 4.39 Å². The Bertz CT molecular complexity index is 1280. The van der Waals surface area contributed by atoms with E-state index in [0.717, 1.165) is 39.0 Å². The van der Waals surface area contributed by atoms with Gasteiger partial charge in [-0.15, -0.1) is 0 Å². The van der Waals surface area contributed by atoms with E-state index in [9.17, 15) is 9.18 Å². The molecular formula is C26H26FN3O2. The Morgan fingerprint density at radius 2 is 1.91 bits per heavy atom. The van der Waals surface area contributed by atoms with E-state index in [1.54, 1.807) is 30.3 Å². The number of nitrogens with zero attached hydrogens (tertiary/aromatic N) is 2. The van der Waals surface area contributed by atoms with Crippen molar-refractivity contribution >= 4 is 16.9 Å². The molecule has 2 aromatic carbocycles. The predicted molar refractivity (Wildman–Crippen MR) is 125 cm³/mol. The number of H-pyrrole nitrogens is 1. The van der Waals surface area contributed by atoms with Crippen LogP contribution in [0.3, 0.4) is 0 Å². The van der Waals surface area contributed by atoms with Gasteiger partial charge in [0.2, 0.25) is 0 Å². The number of ether oxygens (including phenoxy) is 1. The zero-order valence-electron chi connectivity index (χ0n) is 18.6. The largest absolute Gasteiger partial charge is 0.496 e. The average molecular weight is 432 g/mol. The van der Waals surface area contributed by atoms with Crippen molar-refractivity contribution in [1.29, 1.82) is 0 Å². The fourth-order valence-corrected chi connectivity index (χ4v) is 4.02. The third-order valence-electron chi connectivity index (χ3n) is 5.68. The molecule has 0 bridgehead atoms. The summed E-state index contributed by atoms with van der Waals surface area (Å²) in [6, 6.07) is 14.4. The summed E-state index contributed by atoms with van der Waals surface area (Å²) in [5.41, 5.74) is 4.25. The predicted octanol–water partition coefficient (Wildman–Crippen LogP) is 5.92. The number of amides is 1. The van der Waals surface area contributed by atoms with Crippen LogP contribution in [0.1, 0.15) is 31.1 Å². The van der Waals surface area contributed by atoms with Gasteiger partial charge in [-0.05, 0) is 50.6 Å². The van der Waals surface area contributed by atoms with Gasteiger partial charge in [-0.1, -0.05) is 24.3 Å². The van der Waals surface area contributed by atoms with Gasteiger partial charge in [-0.3, -0.25) is 4.79 Å². The number of hydrogen-bond acceptors (Lipinski definition) is 3. The molecule has 0 aliphatic carbocycles. The number of pyridine rings is 1. The second-order valence-electron chi connectivity index (χ2n) is 7.90. The van der Waals surface area contributed by atoms with E-state index in [1.165, 1.54) is 6.07 Å². The SMILES string of the molecule is CCN(C(=O)c1cc(-c2cnc3[nH]cc(-c4ccccc4OC)c3c2)ccc1F)C(C)C. The van der Waals surface area contributed by atoms with Crippen LogP contribution in [0.5, 0.6) is 5.75 Å². The Morgan fingerprint density at radius 3 is 2.62 bits per heavy atom. The number of halogens is 1. The molecule has 0 atom stereocenters. The van der Waals surface area contributed by atoms with E-state index >= 15 is 0 Å². The number of aromatic nitrogens is 2. The molecule has 1 amide bonds. The van der Waals surface area contributed by atoms with Gasteiger partial charge < -0.3 is 14.6 Å². The molecule has 2 aromatic heterocycles. The van der Waals surface area contributed by atoms with Gasteiger partial charge in [0, 0.05) is 47.1 Å². The zero-order valence-corrected chi connectivity index (χ0v) is 18.6. The summed E-state index contributed by atoms with van der Waals surface area (Å²) in [5, 5.41) is 0.918. The molecule has 6 heteroatoms. The molecule has 1 N–H and O–H groups in total. The molecule has 0 fully saturated rings. The van der Waals surface area contributed by atoms with Crippen LogP contribution in [0.2, 0.25) is 0 Å². The van der Waals surface area contributed by atoms with Crippen LogP contribution >= 0.6 is 0 Å². The first kappa shape index (κ1) is 21.6. The van der Waals surface area contributed by atoms with E-state index in [4.69, 9.17) is 4.74 Å². The first-order chi connectivity index (χ1) is 15.4. The van der Waals surface area contributed by atoms with Crippen LogP contribution in [0, 0.1) is 5.82 Å². The maximum atomic E-state index is 14.6. The number of nitrogens with one attached hydrogen (secondary N) is 1. The number of benzene rings is 2. The summed E-state index contributed by atoms with van der Waals surface area (Å²) in [4.78, 5) is 22.4. The highest BCUT2D eigenvalue weighted by Crippen LogP contribution is 2.36. The van der Waals surface area contributed by atoms with Crippen molar-refractivity contribution in [3.63, 3.8) is 0 Å². The smallest absolute Gasteiger partial charge is 0.257 e. The Kier molecular flexibility index (Phi) is 5.95. The van der Waals surface area contributed by atoms with Gasteiger partial charge in [0.05, 0.1) is 12.7 Å². The Morgan fingerprint density at radius 1 is 1.12 bits per heavy atom. The van der Waals surface area contributed by atoms with Gasteiger partial charge in [-0.25, -0.2) is 9.37 Å². The van der Waals surface area contributed by atoms with Crippen LogP contribution in [-0.4, -0.2) is 40.5 Å². The van der Waals surface area contributed by atoms with Crippen LogP contribution in [0.15, 0.2) is 60.9 Å². The first-order valence-corrected chi connectivity index (χ1v) is 10.7. The van der Waals surface area contributed by atoms with Crippen molar-refractivity contribution in [2.75, 3.05) is 13.7 Å². The second-order valence-corrected chi connectivity index (χ2v) is 7.90. The van der Waals surface area contributed by atoms with Gasteiger partial charge in [-0.2, -0.15) is 0 Å². The van der Waals surface area contributed by atoms with Gasteiger partial charge >= 0.3 is 0 Å². The number of rotatable bonds is 6. The number of carbonyl (C=O) groups excluding carboxylic acids is 1. The van der Waals surface area contributed by atoms with Gasteiger partial charge in [0.1, 0.15) is 17.2 Å². The molecule has 0 aliphatic heterocycles. The molecule has 32 heavy (non-hydrogen) atoms. The first-order valence-electron chi connectivity index (χ1n) is 10.7. The van der Waals surface area contributed by atoms with E-state index < -0.39 is 5.82 Å². The van der Waals surface area contributed by atoms with E-state index in [-0.39, 0.29) is 17.5 Å². The molecule has 0 spiro atoms. The van der Waals surface area contributed by atoms with Gasteiger partial charge in [0.15, 0.2) is 0 Å². The lowest BCUT2D eigenvalue weighted by Gasteiger charge is -2.25. The van der Waals surface area contributed by atoms with Gasteiger partial charge in [0.25, 0.3) is 5.91 Å². The molecular weight excluding hydrogens is 405 g/mol. The van der Waals surface area contributed by atoms with E-state index in [2.05, 4.69) is 9.97 Å². The minimum atomic E-state index is -0.525. The fraction of sp³-hybridized carbons (Fsp3) is 0.231. The van der Waals surface area contributed by atoms with Crippen molar-refractivity contribution in [2.45, 2.75) is 26.8 Å². The highest BCUT2D eigenvalue weighted by Gasteiger charge is 2.21. The zero-order chi connectivity index (χ0) is 22.8. The monoisotopic (exact) mass is 431 g/mol. The highest BCUT2D eigenvalue weighted by molar-refractivity contribution is 5.98. The number of para-hydroxylation sites is 1. The summed E-state index contributed by atoms with van der Waals surface area (Å²) in [7, 11) is 1.64. The van der Waals surface area contributed by atoms with Crippen LogP contribution in [0.25, 0.3) is 33.3 Å². The summed E-state index contributed by atoms with van der Waals surface area (Å²) in [6.07, 6.45) is 3.63. The molecule has 4 rings (SSSR count). The molecule has 0 saturated heterocycles. The quantitative estimate of drug-likeness (QED) is 0.413. The minimum Gasteiger partial charge on any atom is -0.496 e. The Balaban J connectivity index is 1.80. The number of carbonyl (C=O) groups is 1. The van der Waals surface area contributed by atoms with E-state index in [0.29, 0.717) is 6.54 Å². The molecule has 0 aliphatic rings. The molecule has 0 unspecified atom stereocenters. The van der Waals surface area contributed by atoms with Crippen molar-refractivity contribution < 1.29 is 13.9 Å². The maximum absolute atomic E-state index is 14.6. The standard InChI is InChI=1S/C26H26FN3O2/c1-5-30(16(2)3)26(31)21-12-17(10-11-23(21)27)18-13-20-22(15-29-25(20)28-14-18)19-8-6-7-9-24(19)32-4/h6-16H,5H2,1-4H3,(H,28,29). The minimum absolute atomic E-state index is 0.0168. The molecule has 164 valence electrons. The summed E-state index contributed by atoms with van der Waals surface area (Å²) >= 11 is 0. The highest BCUT2D eigenvalue weighted by atomic mass is 19.1. The van der Waals surface area contributed by atoms with Crippen molar-refractivity contribution in [3.8, 4) is 28.0 Å². The lowest BCUT2D eigenvalue weighted by Crippen LogP contribution is -2.37. The summed E-state index contributed by atoms with van der Waals surface area (Å²) < 4.78 is 20.1. The molecule has 0 radical (unpaired) electrons. The average Bonchev–Trinajstić information content (AvgIpc) is 3.22. The number of fused-ring (bicyclic) bond motifs is 1. The number of aromatic amines is 1. The molecule has 0 saturated carbocycles. The lowest BCUT2D eigenvalue weighted by atomic mass is 10.00. The van der Waals surface area contributed by atoms with Crippen LogP contribution in [-0.2, 0) is 0 Å². The maximum Gasteiger partial charge on any atom is 0.257 e. The summed E-state index contributed by atoms with van der Waals surface area (Å²) in [5.74, 6) is -0.0719. The number of hydrogen-bond donors (Lipinski definition) is 1. The van der Waals surface area contributed by atoms with E-state index in [1.807, 2.05) is 57.3 Å². The second kappa shape index (κ2) is 8.83. The fourth-order valence-electron chi connectivity index (χ4n) is 4.02. The third-order valence-corrected chi connectivity index (χ3v) is 5.68. The third kappa shape index (κ3) is 3.84. The van der Waals surface area contributed by atoms with Crippen molar-refractivity contribution in [3.05, 3.63) is 72.3 Å². The molecule has 4 aromatic rings. The number of methoxy groups -OCH3 is 1.